The van der Waals surface area contributed by atoms with Crippen molar-refractivity contribution in [2.45, 2.75) is 38.6 Å². The maximum Gasteiger partial charge on any atom is 0.225 e. The van der Waals surface area contributed by atoms with Gasteiger partial charge in [0.1, 0.15) is 5.82 Å². The van der Waals surface area contributed by atoms with Crippen molar-refractivity contribution in [1.82, 2.24) is 9.97 Å². The van der Waals surface area contributed by atoms with Crippen LogP contribution in [0.5, 0.6) is 0 Å². The van der Waals surface area contributed by atoms with Crippen molar-refractivity contribution in [3.05, 3.63) is 45.0 Å². The predicted octanol–water partition coefficient (Wildman–Crippen LogP) is 4.39. The van der Waals surface area contributed by atoms with E-state index in [0.717, 1.165) is 33.7 Å². The lowest BCUT2D eigenvalue weighted by Crippen LogP contribution is -2.23. The Hall–Kier alpha value is -1.37. The summed E-state index contributed by atoms with van der Waals surface area (Å²) in [5, 5.41) is 3.96. The van der Waals surface area contributed by atoms with Crippen molar-refractivity contribution in [3.63, 3.8) is 0 Å². The van der Waals surface area contributed by atoms with Gasteiger partial charge in [-0.1, -0.05) is 29.8 Å². The third-order valence-corrected chi connectivity index (χ3v) is 6.35. The first kappa shape index (κ1) is 19.4. The zero-order valence-electron chi connectivity index (χ0n) is 14.7. The highest BCUT2D eigenvalue weighted by Gasteiger charge is 2.22. The molecule has 3 rings (SSSR count). The van der Waals surface area contributed by atoms with Crippen molar-refractivity contribution in [3.8, 4) is 0 Å². The number of benzene rings is 1. The van der Waals surface area contributed by atoms with Gasteiger partial charge in [-0.2, -0.15) is 4.98 Å². The van der Waals surface area contributed by atoms with Gasteiger partial charge < -0.3 is 16.8 Å². The van der Waals surface area contributed by atoms with E-state index in [2.05, 4.69) is 26.2 Å². The Morgan fingerprint density at radius 2 is 1.81 bits per heavy atom. The van der Waals surface area contributed by atoms with E-state index in [9.17, 15) is 0 Å². The first-order valence-electron chi connectivity index (χ1n) is 9.06. The van der Waals surface area contributed by atoms with Crippen LogP contribution in [0, 0.1) is 11.8 Å². The summed E-state index contributed by atoms with van der Waals surface area (Å²) in [6.07, 6.45) is 5.71. The lowest BCUT2D eigenvalue weighted by molar-refractivity contribution is 0.277. The number of rotatable bonds is 6. The first-order valence-corrected chi connectivity index (χ1v) is 10.2. The molecule has 0 atom stereocenters. The van der Waals surface area contributed by atoms with Gasteiger partial charge in [-0.3, -0.25) is 0 Å². The van der Waals surface area contributed by atoms with E-state index in [0.29, 0.717) is 30.1 Å². The van der Waals surface area contributed by atoms with E-state index in [-0.39, 0.29) is 0 Å². The largest absolute Gasteiger partial charge is 0.383 e. The van der Waals surface area contributed by atoms with E-state index in [1.807, 2.05) is 24.3 Å². The Kier molecular flexibility index (Phi) is 6.73. The lowest BCUT2D eigenvalue weighted by atomic mass is 9.80. The van der Waals surface area contributed by atoms with Crippen LogP contribution < -0.4 is 16.8 Å². The molecule has 0 bridgehead atoms. The Morgan fingerprint density at radius 3 is 2.50 bits per heavy atom. The summed E-state index contributed by atoms with van der Waals surface area (Å²) in [5.74, 6) is 2.31. The fourth-order valence-corrected chi connectivity index (χ4v) is 4.03. The molecule has 1 aromatic heterocycles. The molecule has 5 nitrogen and oxygen atoms in total. The maximum atomic E-state index is 6.21. The highest BCUT2D eigenvalue weighted by Crippen LogP contribution is 2.33. The van der Waals surface area contributed by atoms with Crippen LogP contribution in [0.4, 0.5) is 11.8 Å². The van der Waals surface area contributed by atoms with Gasteiger partial charge in [0.05, 0.1) is 10.2 Å². The molecule has 0 saturated heterocycles. The van der Waals surface area contributed by atoms with Crippen LogP contribution in [0.3, 0.4) is 0 Å². The van der Waals surface area contributed by atoms with E-state index < -0.39 is 0 Å². The number of anilines is 2. The second-order valence-electron chi connectivity index (χ2n) is 6.96. The zero-order chi connectivity index (χ0) is 18.5. The quantitative estimate of drug-likeness (QED) is 0.622. The van der Waals surface area contributed by atoms with Crippen LogP contribution in [0.2, 0.25) is 5.02 Å². The average molecular weight is 439 g/mol. The normalized spacial score (nSPS) is 20.1. The summed E-state index contributed by atoms with van der Waals surface area (Å²) in [4.78, 5) is 9.04. The summed E-state index contributed by atoms with van der Waals surface area (Å²) in [6.45, 7) is 1.36. The number of hydrogen-bond acceptors (Lipinski definition) is 5. The molecule has 1 aromatic carbocycles. The molecular weight excluding hydrogens is 414 g/mol. The van der Waals surface area contributed by atoms with Crippen LogP contribution in [-0.2, 0) is 13.0 Å². The first-order chi connectivity index (χ1) is 12.6. The molecule has 1 fully saturated rings. The fourth-order valence-electron chi connectivity index (χ4n) is 3.49. The standard InChI is InChI=1S/C19H25BrClN5/c20-17-16(9-12-5-7-13(10-22)8-6-12)25-19(26-18(17)23)24-11-14-3-1-2-4-15(14)21/h1-4,12-13H,5-11,22H2,(H3,23,24,25,26). The molecule has 0 amide bonds. The smallest absolute Gasteiger partial charge is 0.225 e. The van der Waals surface area contributed by atoms with Gasteiger partial charge >= 0.3 is 0 Å². The minimum atomic E-state index is 0.465. The highest BCUT2D eigenvalue weighted by atomic mass is 79.9. The molecule has 0 aliphatic heterocycles. The topological polar surface area (TPSA) is 89.8 Å². The molecule has 5 N–H and O–H groups in total. The highest BCUT2D eigenvalue weighted by molar-refractivity contribution is 9.10. The van der Waals surface area contributed by atoms with Gasteiger partial charge in [0.15, 0.2) is 0 Å². The van der Waals surface area contributed by atoms with Crippen molar-refractivity contribution >= 4 is 39.3 Å². The summed E-state index contributed by atoms with van der Waals surface area (Å²) < 4.78 is 0.807. The summed E-state index contributed by atoms with van der Waals surface area (Å²) in [6, 6.07) is 7.73. The Balaban J connectivity index is 1.68. The number of hydrogen-bond donors (Lipinski definition) is 3. The van der Waals surface area contributed by atoms with Gasteiger partial charge in [0, 0.05) is 11.6 Å². The number of nitrogen functional groups attached to an aromatic ring is 1. The Bertz CT molecular complexity index is 747. The third kappa shape index (κ3) is 4.87. The van der Waals surface area contributed by atoms with E-state index in [1.165, 1.54) is 25.7 Å². The molecule has 140 valence electrons. The van der Waals surface area contributed by atoms with E-state index >= 15 is 0 Å². The molecular formula is C19H25BrClN5. The number of aromatic nitrogens is 2. The predicted molar refractivity (Wildman–Crippen MR) is 111 cm³/mol. The fraction of sp³-hybridized carbons (Fsp3) is 0.474. The number of halogens is 2. The van der Waals surface area contributed by atoms with Gasteiger partial charge in [-0.25, -0.2) is 4.98 Å². The van der Waals surface area contributed by atoms with Crippen LogP contribution in [0.25, 0.3) is 0 Å². The van der Waals surface area contributed by atoms with Gasteiger partial charge in [0.25, 0.3) is 0 Å². The van der Waals surface area contributed by atoms with Crippen molar-refractivity contribution in [2.75, 3.05) is 17.6 Å². The SMILES string of the molecule is NCC1CCC(Cc2nc(NCc3ccccc3Cl)nc(N)c2Br)CC1. The van der Waals surface area contributed by atoms with Crippen molar-refractivity contribution < 1.29 is 0 Å². The monoisotopic (exact) mass is 437 g/mol. The van der Waals surface area contributed by atoms with Gasteiger partial charge in [-0.15, -0.1) is 0 Å². The molecule has 2 aromatic rings. The molecule has 1 saturated carbocycles. The van der Waals surface area contributed by atoms with Gasteiger partial charge in [-0.05, 0) is 78.0 Å². The third-order valence-electron chi connectivity index (χ3n) is 5.12. The lowest BCUT2D eigenvalue weighted by Gasteiger charge is -2.27. The van der Waals surface area contributed by atoms with E-state index in [1.54, 1.807) is 0 Å². The van der Waals surface area contributed by atoms with Crippen LogP contribution >= 0.6 is 27.5 Å². The number of nitrogens with two attached hydrogens (primary N) is 2. The summed E-state index contributed by atoms with van der Waals surface area (Å²) in [5.41, 5.74) is 13.9. The Morgan fingerprint density at radius 1 is 1.12 bits per heavy atom. The van der Waals surface area contributed by atoms with Crippen molar-refractivity contribution in [2.24, 2.45) is 17.6 Å². The van der Waals surface area contributed by atoms with E-state index in [4.69, 9.17) is 28.1 Å². The molecule has 26 heavy (non-hydrogen) atoms. The molecule has 7 heteroatoms. The molecule has 1 heterocycles. The zero-order valence-corrected chi connectivity index (χ0v) is 17.1. The average Bonchev–Trinajstić information content (AvgIpc) is 2.65. The summed E-state index contributed by atoms with van der Waals surface area (Å²) in [7, 11) is 0. The minimum Gasteiger partial charge on any atom is -0.383 e. The molecule has 0 unspecified atom stereocenters. The minimum absolute atomic E-state index is 0.465. The van der Waals surface area contributed by atoms with Crippen LogP contribution in [0.15, 0.2) is 28.7 Å². The van der Waals surface area contributed by atoms with Gasteiger partial charge in [0.2, 0.25) is 5.95 Å². The molecule has 0 radical (unpaired) electrons. The van der Waals surface area contributed by atoms with Crippen molar-refractivity contribution in [1.29, 1.82) is 0 Å². The molecule has 1 aliphatic rings. The maximum absolute atomic E-state index is 6.21. The number of nitrogens with one attached hydrogen (secondary N) is 1. The molecule has 0 spiro atoms. The second-order valence-corrected chi connectivity index (χ2v) is 8.16. The number of nitrogens with zero attached hydrogens (tertiary/aromatic N) is 2. The molecule has 1 aliphatic carbocycles. The Labute approximate surface area is 168 Å². The summed E-state index contributed by atoms with van der Waals surface area (Å²) >= 11 is 9.76. The van der Waals surface area contributed by atoms with Crippen LogP contribution in [0.1, 0.15) is 36.9 Å². The second kappa shape index (κ2) is 9.02. The van der Waals surface area contributed by atoms with Crippen LogP contribution in [-0.4, -0.2) is 16.5 Å².